The SMILES string of the molecule is CCCc1nn(C)c2c(=O)[nH]c(NCc3cccc(N4CCC=N4)c3)nc12. The Kier molecular flexibility index (Phi) is 4.62. The number of nitrogens with one attached hydrogen (secondary N) is 2. The summed E-state index contributed by atoms with van der Waals surface area (Å²) < 4.78 is 1.61. The molecule has 2 N–H and O–H groups in total. The maximum atomic E-state index is 12.5. The molecular formula is C19H23N7O. The largest absolute Gasteiger partial charge is 0.352 e. The number of H-pyrrole nitrogens is 1. The molecule has 0 unspecified atom stereocenters. The monoisotopic (exact) mass is 365 g/mol. The maximum Gasteiger partial charge on any atom is 0.278 e. The van der Waals surface area contributed by atoms with Crippen LogP contribution in [0.2, 0.25) is 0 Å². The van der Waals surface area contributed by atoms with Crippen LogP contribution in [0.3, 0.4) is 0 Å². The number of fused-ring (bicyclic) bond motifs is 1. The zero-order valence-electron chi connectivity index (χ0n) is 15.6. The van der Waals surface area contributed by atoms with Crippen LogP contribution in [-0.4, -0.2) is 32.5 Å². The van der Waals surface area contributed by atoms with E-state index in [0.29, 0.717) is 23.5 Å². The summed E-state index contributed by atoms with van der Waals surface area (Å²) in [4.78, 5) is 19.9. The molecule has 0 amide bonds. The molecular weight excluding hydrogens is 342 g/mol. The Labute approximate surface area is 156 Å². The lowest BCUT2D eigenvalue weighted by Gasteiger charge is -2.15. The van der Waals surface area contributed by atoms with Crippen molar-refractivity contribution < 1.29 is 0 Å². The molecule has 4 rings (SSSR count). The average Bonchev–Trinajstić information content (AvgIpc) is 3.30. The third kappa shape index (κ3) is 3.42. The average molecular weight is 365 g/mol. The normalized spacial score (nSPS) is 13.6. The predicted molar refractivity (Wildman–Crippen MR) is 107 cm³/mol. The van der Waals surface area contributed by atoms with Crippen molar-refractivity contribution in [2.45, 2.75) is 32.7 Å². The van der Waals surface area contributed by atoms with E-state index in [-0.39, 0.29) is 5.56 Å². The second-order valence-corrected chi connectivity index (χ2v) is 6.67. The van der Waals surface area contributed by atoms with Crippen molar-refractivity contribution >= 4 is 28.9 Å². The van der Waals surface area contributed by atoms with Gasteiger partial charge in [0, 0.05) is 32.8 Å². The van der Waals surface area contributed by atoms with Crippen LogP contribution < -0.4 is 15.9 Å². The summed E-state index contributed by atoms with van der Waals surface area (Å²) in [7, 11) is 1.78. The Morgan fingerprint density at radius 1 is 1.33 bits per heavy atom. The van der Waals surface area contributed by atoms with E-state index in [4.69, 9.17) is 0 Å². The molecule has 0 atom stereocenters. The smallest absolute Gasteiger partial charge is 0.278 e. The fourth-order valence-electron chi connectivity index (χ4n) is 3.34. The molecule has 0 bridgehead atoms. The minimum Gasteiger partial charge on any atom is -0.352 e. The minimum absolute atomic E-state index is 0.181. The molecule has 0 fully saturated rings. The molecule has 27 heavy (non-hydrogen) atoms. The first kappa shape index (κ1) is 17.3. The van der Waals surface area contributed by atoms with E-state index < -0.39 is 0 Å². The van der Waals surface area contributed by atoms with E-state index in [2.05, 4.69) is 38.5 Å². The number of rotatable bonds is 6. The van der Waals surface area contributed by atoms with Crippen LogP contribution >= 0.6 is 0 Å². The Hall–Kier alpha value is -3.16. The van der Waals surface area contributed by atoms with E-state index in [9.17, 15) is 4.79 Å². The van der Waals surface area contributed by atoms with Crippen LogP contribution in [0.1, 0.15) is 31.0 Å². The number of aryl methyl sites for hydroxylation is 2. The number of anilines is 2. The van der Waals surface area contributed by atoms with Crippen LogP contribution in [-0.2, 0) is 20.0 Å². The van der Waals surface area contributed by atoms with Crippen molar-refractivity contribution in [2.24, 2.45) is 12.1 Å². The van der Waals surface area contributed by atoms with Gasteiger partial charge in [0.25, 0.3) is 5.56 Å². The molecule has 140 valence electrons. The molecule has 3 aromatic rings. The number of hydrogen-bond donors (Lipinski definition) is 2. The molecule has 1 aliphatic heterocycles. The van der Waals surface area contributed by atoms with E-state index in [1.54, 1.807) is 11.7 Å². The minimum atomic E-state index is -0.181. The lowest BCUT2D eigenvalue weighted by molar-refractivity contribution is 0.751. The topological polar surface area (TPSA) is 91.2 Å². The summed E-state index contributed by atoms with van der Waals surface area (Å²) in [6.45, 7) is 3.55. The summed E-state index contributed by atoms with van der Waals surface area (Å²) >= 11 is 0. The predicted octanol–water partition coefficient (Wildman–Crippen LogP) is 2.42. The number of aromatic nitrogens is 4. The van der Waals surface area contributed by atoms with Gasteiger partial charge in [0.1, 0.15) is 5.52 Å². The molecule has 1 aliphatic rings. The van der Waals surface area contributed by atoms with Gasteiger partial charge in [-0.25, -0.2) is 4.98 Å². The summed E-state index contributed by atoms with van der Waals surface area (Å²) in [5.74, 6) is 0.461. The van der Waals surface area contributed by atoms with Gasteiger partial charge in [0.2, 0.25) is 5.95 Å². The molecule has 0 radical (unpaired) electrons. The second kappa shape index (κ2) is 7.22. The van der Waals surface area contributed by atoms with Crippen molar-refractivity contribution in [2.75, 3.05) is 16.9 Å². The number of aromatic amines is 1. The molecule has 8 heteroatoms. The summed E-state index contributed by atoms with van der Waals surface area (Å²) in [5.41, 5.74) is 4.02. The van der Waals surface area contributed by atoms with Crippen LogP contribution in [0.4, 0.5) is 11.6 Å². The van der Waals surface area contributed by atoms with Crippen LogP contribution in [0, 0.1) is 0 Å². The van der Waals surface area contributed by atoms with Gasteiger partial charge in [-0.1, -0.05) is 25.5 Å². The molecule has 0 aliphatic carbocycles. The zero-order chi connectivity index (χ0) is 18.8. The Bertz CT molecular complexity index is 1050. The zero-order valence-corrected chi connectivity index (χ0v) is 15.6. The van der Waals surface area contributed by atoms with Gasteiger partial charge < -0.3 is 5.32 Å². The standard InChI is InChI=1S/C19H23N7O/c1-3-6-15-16-17(25(2)24-15)18(27)23-19(22-16)20-12-13-7-4-8-14(11-13)26-10-5-9-21-26/h4,7-9,11H,3,5-6,10,12H2,1-2H3,(H2,20,22,23,27). The maximum absolute atomic E-state index is 12.5. The number of benzene rings is 1. The second-order valence-electron chi connectivity index (χ2n) is 6.67. The van der Waals surface area contributed by atoms with Crippen molar-refractivity contribution in [1.29, 1.82) is 0 Å². The fraction of sp³-hybridized carbons (Fsp3) is 0.368. The summed E-state index contributed by atoms with van der Waals surface area (Å²) in [6, 6.07) is 8.20. The third-order valence-corrected chi connectivity index (χ3v) is 4.61. The Morgan fingerprint density at radius 2 is 2.22 bits per heavy atom. The molecule has 0 saturated heterocycles. The lowest BCUT2D eigenvalue weighted by Crippen LogP contribution is -2.15. The van der Waals surface area contributed by atoms with Crippen molar-refractivity contribution in [3.05, 3.63) is 45.9 Å². The van der Waals surface area contributed by atoms with E-state index in [1.807, 2.05) is 29.4 Å². The number of hydrazone groups is 1. The third-order valence-electron chi connectivity index (χ3n) is 4.61. The first-order valence-electron chi connectivity index (χ1n) is 9.24. The highest BCUT2D eigenvalue weighted by Crippen LogP contribution is 2.20. The molecule has 1 aromatic carbocycles. The van der Waals surface area contributed by atoms with E-state index in [1.165, 1.54) is 0 Å². The Morgan fingerprint density at radius 3 is 3.00 bits per heavy atom. The molecule has 0 saturated carbocycles. The van der Waals surface area contributed by atoms with Crippen molar-refractivity contribution in [1.82, 2.24) is 19.7 Å². The van der Waals surface area contributed by atoms with Gasteiger partial charge in [-0.05, 0) is 24.1 Å². The number of nitrogens with zero attached hydrogens (tertiary/aromatic N) is 5. The van der Waals surface area contributed by atoms with Crippen LogP contribution in [0.25, 0.3) is 11.0 Å². The molecule has 8 nitrogen and oxygen atoms in total. The van der Waals surface area contributed by atoms with Gasteiger partial charge in [-0.15, -0.1) is 0 Å². The number of hydrogen-bond acceptors (Lipinski definition) is 6. The van der Waals surface area contributed by atoms with Crippen molar-refractivity contribution in [3.8, 4) is 0 Å². The van der Waals surface area contributed by atoms with Gasteiger partial charge in [-0.3, -0.25) is 19.5 Å². The highest BCUT2D eigenvalue weighted by Gasteiger charge is 2.14. The van der Waals surface area contributed by atoms with Crippen molar-refractivity contribution in [3.63, 3.8) is 0 Å². The van der Waals surface area contributed by atoms with Gasteiger partial charge in [-0.2, -0.15) is 10.2 Å². The van der Waals surface area contributed by atoms with Crippen LogP contribution in [0.5, 0.6) is 0 Å². The quantitative estimate of drug-likeness (QED) is 0.700. The lowest BCUT2D eigenvalue weighted by atomic mass is 10.2. The Balaban J connectivity index is 1.57. The molecule has 2 aromatic heterocycles. The first-order chi connectivity index (χ1) is 13.2. The van der Waals surface area contributed by atoms with Crippen LogP contribution in [0.15, 0.2) is 34.2 Å². The highest BCUT2D eigenvalue weighted by atomic mass is 16.1. The van der Waals surface area contributed by atoms with Gasteiger partial charge in [0.15, 0.2) is 5.52 Å². The first-order valence-corrected chi connectivity index (χ1v) is 9.24. The fourth-order valence-corrected chi connectivity index (χ4v) is 3.34. The van der Waals surface area contributed by atoms with Gasteiger partial charge >= 0.3 is 0 Å². The molecule has 0 spiro atoms. The van der Waals surface area contributed by atoms with E-state index in [0.717, 1.165) is 42.8 Å². The summed E-state index contributed by atoms with van der Waals surface area (Å²) in [5, 5.41) is 14.0. The van der Waals surface area contributed by atoms with Gasteiger partial charge in [0.05, 0.1) is 11.4 Å². The summed E-state index contributed by atoms with van der Waals surface area (Å²) in [6.07, 6.45) is 4.65. The highest BCUT2D eigenvalue weighted by molar-refractivity contribution is 5.77. The molecule has 3 heterocycles. The van der Waals surface area contributed by atoms with E-state index >= 15 is 0 Å².